The maximum Gasteiger partial charge on any atom is 0.0325 e. The number of likely N-dealkylation sites (tertiary alicyclic amines) is 1. The van der Waals surface area contributed by atoms with Crippen LogP contribution >= 0.6 is 15.9 Å². The van der Waals surface area contributed by atoms with E-state index in [9.17, 15) is 0 Å². The number of nitrogens with two attached hydrogens (primary N) is 1. The summed E-state index contributed by atoms with van der Waals surface area (Å²) in [4.78, 5) is 2.64. The van der Waals surface area contributed by atoms with Crippen molar-refractivity contribution >= 4 is 21.6 Å². The Morgan fingerprint density at radius 1 is 1.33 bits per heavy atom. The smallest absolute Gasteiger partial charge is 0.0325 e. The van der Waals surface area contributed by atoms with Gasteiger partial charge in [-0.1, -0.05) is 41.8 Å². The van der Waals surface area contributed by atoms with Gasteiger partial charge in [0.25, 0.3) is 0 Å². The molecule has 1 saturated heterocycles. The van der Waals surface area contributed by atoms with E-state index < -0.39 is 0 Å². The maximum atomic E-state index is 5.80. The number of nitrogen functional groups attached to an aromatic ring is 1. The molecule has 3 heteroatoms. The van der Waals surface area contributed by atoms with E-state index in [1.807, 2.05) is 12.1 Å². The molecule has 0 aliphatic carbocycles. The Morgan fingerprint density at radius 2 is 2.17 bits per heavy atom. The van der Waals surface area contributed by atoms with Crippen molar-refractivity contribution in [2.45, 2.75) is 51.6 Å². The number of anilines is 1. The van der Waals surface area contributed by atoms with E-state index in [4.69, 9.17) is 5.73 Å². The van der Waals surface area contributed by atoms with E-state index in [0.717, 1.165) is 22.7 Å². The zero-order chi connectivity index (χ0) is 13.0. The zero-order valence-corrected chi connectivity index (χ0v) is 12.7. The van der Waals surface area contributed by atoms with Gasteiger partial charge in [0.2, 0.25) is 0 Å². The molecule has 0 spiro atoms. The minimum atomic E-state index is 0.747. The zero-order valence-electron chi connectivity index (χ0n) is 11.2. The highest BCUT2D eigenvalue weighted by atomic mass is 79.9. The lowest BCUT2D eigenvalue weighted by Crippen LogP contribution is -2.33. The van der Waals surface area contributed by atoms with Gasteiger partial charge in [-0.2, -0.15) is 0 Å². The fourth-order valence-electron chi connectivity index (χ4n) is 2.82. The van der Waals surface area contributed by atoms with E-state index in [0.29, 0.717) is 0 Å². The standard InChI is InChI=1S/C15H23BrN2/c1-2-14-6-4-3-5-9-18(14)11-12-7-8-13(17)10-15(12)16/h7-8,10,14H,2-6,9,11,17H2,1H3. The number of nitrogens with zero attached hydrogens (tertiary/aromatic N) is 1. The molecule has 0 amide bonds. The van der Waals surface area contributed by atoms with Gasteiger partial charge in [0.15, 0.2) is 0 Å². The summed E-state index contributed by atoms with van der Waals surface area (Å²) >= 11 is 3.63. The van der Waals surface area contributed by atoms with Gasteiger partial charge in [-0.3, -0.25) is 4.90 Å². The number of hydrogen-bond acceptors (Lipinski definition) is 2. The van der Waals surface area contributed by atoms with E-state index >= 15 is 0 Å². The van der Waals surface area contributed by atoms with Gasteiger partial charge in [-0.05, 0) is 43.5 Å². The van der Waals surface area contributed by atoms with Crippen LogP contribution < -0.4 is 5.73 Å². The Kier molecular flexibility index (Phi) is 5.07. The molecular formula is C15H23BrN2. The van der Waals surface area contributed by atoms with Gasteiger partial charge in [-0.25, -0.2) is 0 Å². The van der Waals surface area contributed by atoms with Crippen molar-refractivity contribution in [1.82, 2.24) is 4.90 Å². The van der Waals surface area contributed by atoms with Crippen LogP contribution in [0.15, 0.2) is 22.7 Å². The molecule has 2 rings (SSSR count). The monoisotopic (exact) mass is 310 g/mol. The van der Waals surface area contributed by atoms with Gasteiger partial charge in [-0.15, -0.1) is 0 Å². The Morgan fingerprint density at radius 3 is 2.89 bits per heavy atom. The molecule has 1 aromatic rings. The first-order valence-electron chi connectivity index (χ1n) is 6.98. The number of hydrogen-bond donors (Lipinski definition) is 1. The van der Waals surface area contributed by atoms with Crippen LogP contribution in [0.4, 0.5) is 5.69 Å². The first-order valence-corrected chi connectivity index (χ1v) is 7.78. The van der Waals surface area contributed by atoms with Crippen LogP contribution in [0.2, 0.25) is 0 Å². The summed E-state index contributed by atoms with van der Waals surface area (Å²) < 4.78 is 1.14. The molecule has 100 valence electrons. The van der Waals surface area contributed by atoms with Crippen molar-refractivity contribution in [2.75, 3.05) is 12.3 Å². The van der Waals surface area contributed by atoms with Crippen LogP contribution in [0, 0.1) is 0 Å². The lowest BCUT2D eigenvalue weighted by atomic mass is 10.1. The van der Waals surface area contributed by atoms with Crippen LogP contribution in [0.3, 0.4) is 0 Å². The summed E-state index contributed by atoms with van der Waals surface area (Å²) in [6.45, 7) is 4.58. The van der Waals surface area contributed by atoms with Crippen LogP contribution in [0.5, 0.6) is 0 Å². The first kappa shape index (κ1) is 13.9. The highest BCUT2D eigenvalue weighted by Gasteiger charge is 2.20. The Bertz CT molecular complexity index is 392. The molecule has 0 aromatic heterocycles. The molecule has 1 heterocycles. The average molecular weight is 311 g/mol. The highest BCUT2D eigenvalue weighted by Crippen LogP contribution is 2.25. The van der Waals surface area contributed by atoms with E-state index in [1.54, 1.807) is 0 Å². The third kappa shape index (κ3) is 3.48. The quantitative estimate of drug-likeness (QED) is 0.848. The minimum absolute atomic E-state index is 0.747. The van der Waals surface area contributed by atoms with Crippen molar-refractivity contribution in [3.05, 3.63) is 28.2 Å². The topological polar surface area (TPSA) is 29.3 Å². The predicted octanol–water partition coefficient (Wildman–Crippen LogP) is 4.19. The molecule has 0 radical (unpaired) electrons. The van der Waals surface area contributed by atoms with Crippen molar-refractivity contribution in [1.29, 1.82) is 0 Å². The molecular weight excluding hydrogens is 288 g/mol. The van der Waals surface area contributed by atoms with Gasteiger partial charge in [0.1, 0.15) is 0 Å². The van der Waals surface area contributed by atoms with Crippen LogP contribution in [0.25, 0.3) is 0 Å². The summed E-state index contributed by atoms with van der Waals surface area (Å²) in [5.74, 6) is 0. The summed E-state index contributed by atoms with van der Waals surface area (Å²) in [5.41, 5.74) is 7.97. The first-order chi connectivity index (χ1) is 8.70. The third-order valence-corrected chi connectivity index (χ3v) is 4.66. The number of benzene rings is 1. The van der Waals surface area contributed by atoms with Crippen LogP contribution in [-0.4, -0.2) is 17.5 Å². The second-order valence-corrected chi connectivity index (χ2v) is 6.09. The lowest BCUT2D eigenvalue weighted by Gasteiger charge is -2.29. The summed E-state index contributed by atoms with van der Waals surface area (Å²) in [6.07, 6.45) is 6.71. The van der Waals surface area contributed by atoms with Crippen molar-refractivity contribution in [3.63, 3.8) is 0 Å². The molecule has 2 nitrogen and oxygen atoms in total. The lowest BCUT2D eigenvalue weighted by molar-refractivity contribution is 0.186. The van der Waals surface area contributed by atoms with Crippen molar-refractivity contribution < 1.29 is 0 Å². The maximum absolute atomic E-state index is 5.80. The molecule has 2 N–H and O–H groups in total. The second kappa shape index (κ2) is 6.58. The van der Waals surface area contributed by atoms with Gasteiger partial charge >= 0.3 is 0 Å². The van der Waals surface area contributed by atoms with Crippen LogP contribution in [0.1, 0.15) is 44.6 Å². The predicted molar refractivity (Wildman–Crippen MR) is 81.5 cm³/mol. The van der Waals surface area contributed by atoms with Gasteiger partial charge in [0, 0.05) is 22.7 Å². The molecule has 0 bridgehead atoms. The number of halogens is 1. The molecule has 1 aliphatic rings. The SMILES string of the molecule is CCC1CCCCCN1Cc1ccc(N)cc1Br. The molecule has 1 aliphatic heterocycles. The summed E-state index contributed by atoms with van der Waals surface area (Å²) in [5, 5.41) is 0. The fraction of sp³-hybridized carbons (Fsp3) is 0.600. The molecule has 18 heavy (non-hydrogen) atoms. The van der Waals surface area contributed by atoms with Crippen LogP contribution in [-0.2, 0) is 6.54 Å². The Balaban J connectivity index is 2.10. The Hall–Kier alpha value is -0.540. The van der Waals surface area contributed by atoms with Crippen molar-refractivity contribution in [2.24, 2.45) is 0 Å². The molecule has 1 unspecified atom stereocenters. The third-order valence-electron chi connectivity index (χ3n) is 3.92. The normalized spacial score (nSPS) is 21.8. The van der Waals surface area contributed by atoms with Crippen molar-refractivity contribution in [3.8, 4) is 0 Å². The average Bonchev–Trinajstić information content (AvgIpc) is 2.57. The molecule has 1 atom stereocenters. The summed E-state index contributed by atoms with van der Waals surface area (Å²) in [7, 11) is 0. The largest absolute Gasteiger partial charge is 0.399 e. The Labute approximate surface area is 119 Å². The van der Waals surface area contributed by atoms with Gasteiger partial charge in [0.05, 0.1) is 0 Å². The van der Waals surface area contributed by atoms with E-state index in [1.165, 1.54) is 44.2 Å². The molecule has 1 fully saturated rings. The highest BCUT2D eigenvalue weighted by molar-refractivity contribution is 9.10. The second-order valence-electron chi connectivity index (χ2n) is 5.23. The number of rotatable bonds is 3. The fourth-order valence-corrected chi connectivity index (χ4v) is 3.34. The molecule has 1 aromatic carbocycles. The minimum Gasteiger partial charge on any atom is -0.399 e. The molecule has 0 saturated carbocycles. The summed E-state index contributed by atoms with van der Waals surface area (Å²) in [6, 6.07) is 6.90. The van der Waals surface area contributed by atoms with Gasteiger partial charge < -0.3 is 5.73 Å². The van der Waals surface area contributed by atoms with E-state index in [2.05, 4.69) is 33.8 Å². The van der Waals surface area contributed by atoms with E-state index in [-0.39, 0.29) is 0 Å².